The van der Waals surface area contributed by atoms with E-state index < -0.39 is 0 Å². The maximum Gasteiger partial charge on any atom is 0.0731 e. The van der Waals surface area contributed by atoms with E-state index in [0.29, 0.717) is 12.1 Å². The Morgan fingerprint density at radius 2 is 2.11 bits per heavy atom. The van der Waals surface area contributed by atoms with Gasteiger partial charge in [-0.3, -0.25) is 4.68 Å². The number of aromatic nitrogens is 2. The Morgan fingerprint density at radius 3 is 2.58 bits per heavy atom. The highest BCUT2D eigenvalue weighted by Gasteiger charge is 2.21. The SMILES string of the molecule is CCCC(OCC)C(Cc1ccn(C(C)C)n1)NC. The standard InChI is InChI=1S/C15H29N3O/c1-6-8-15(19-7-2)14(16-5)11-13-9-10-18(17-13)12(3)4/h9-10,12,14-16H,6-8,11H2,1-5H3. The lowest BCUT2D eigenvalue weighted by Crippen LogP contribution is -2.41. The summed E-state index contributed by atoms with van der Waals surface area (Å²) in [4.78, 5) is 0. The van der Waals surface area contributed by atoms with Crippen LogP contribution in [0.3, 0.4) is 0 Å². The van der Waals surface area contributed by atoms with E-state index in [1.54, 1.807) is 0 Å². The van der Waals surface area contributed by atoms with Gasteiger partial charge in [0.25, 0.3) is 0 Å². The molecule has 1 aromatic heterocycles. The van der Waals surface area contributed by atoms with Crippen LogP contribution in [-0.4, -0.2) is 35.6 Å². The maximum absolute atomic E-state index is 5.86. The van der Waals surface area contributed by atoms with Crippen LogP contribution in [0.25, 0.3) is 0 Å². The van der Waals surface area contributed by atoms with Crippen molar-refractivity contribution in [3.05, 3.63) is 18.0 Å². The van der Waals surface area contributed by atoms with Gasteiger partial charge in [0.15, 0.2) is 0 Å². The Morgan fingerprint density at radius 1 is 1.37 bits per heavy atom. The quantitative estimate of drug-likeness (QED) is 0.748. The van der Waals surface area contributed by atoms with E-state index in [9.17, 15) is 0 Å². The van der Waals surface area contributed by atoms with Crippen LogP contribution >= 0.6 is 0 Å². The lowest BCUT2D eigenvalue weighted by atomic mass is 10.0. The van der Waals surface area contributed by atoms with Crippen molar-refractivity contribution in [2.24, 2.45) is 0 Å². The fourth-order valence-electron chi connectivity index (χ4n) is 2.32. The van der Waals surface area contributed by atoms with Gasteiger partial charge in [-0.15, -0.1) is 0 Å². The first-order chi connectivity index (χ1) is 9.12. The summed E-state index contributed by atoms with van der Waals surface area (Å²) >= 11 is 0. The zero-order chi connectivity index (χ0) is 14.3. The number of likely N-dealkylation sites (N-methyl/N-ethyl adjacent to an activating group) is 1. The lowest BCUT2D eigenvalue weighted by molar-refractivity contribution is 0.0298. The fraction of sp³-hybridized carbons (Fsp3) is 0.800. The maximum atomic E-state index is 5.86. The van der Waals surface area contributed by atoms with Crippen LogP contribution < -0.4 is 5.32 Å². The van der Waals surface area contributed by atoms with Crippen molar-refractivity contribution in [1.82, 2.24) is 15.1 Å². The molecule has 1 rings (SSSR count). The Hall–Kier alpha value is -0.870. The van der Waals surface area contributed by atoms with Crippen LogP contribution in [0.5, 0.6) is 0 Å². The first-order valence-electron chi connectivity index (χ1n) is 7.45. The predicted octanol–water partition coefficient (Wildman–Crippen LogP) is 2.80. The number of hydrogen-bond donors (Lipinski definition) is 1. The van der Waals surface area contributed by atoms with Gasteiger partial charge in [0.2, 0.25) is 0 Å². The third kappa shape index (κ3) is 4.96. The summed E-state index contributed by atoms with van der Waals surface area (Å²) in [5, 5.41) is 8.01. The zero-order valence-electron chi connectivity index (χ0n) is 13.0. The van der Waals surface area contributed by atoms with E-state index in [1.807, 2.05) is 11.7 Å². The van der Waals surface area contributed by atoms with E-state index in [4.69, 9.17) is 4.74 Å². The minimum Gasteiger partial charge on any atom is -0.377 e. The Bertz CT molecular complexity index is 343. The van der Waals surface area contributed by atoms with E-state index >= 15 is 0 Å². The Kier molecular flexibility index (Phi) is 7.10. The van der Waals surface area contributed by atoms with E-state index in [-0.39, 0.29) is 6.10 Å². The van der Waals surface area contributed by atoms with E-state index in [0.717, 1.165) is 31.6 Å². The smallest absolute Gasteiger partial charge is 0.0731 e. The van der Waals surface area contributed by atoms with Gasteiger partial charge in [0.05, 0.1) is 11.8 Å². The molecule has 1 aromatic rings. The second kappa shape index (κ2) is 8.33. The molecule has 0 aliphatic rings. The third-order valence-corrected chi connectivity index (χ3v) is 3.40. The van der Waals surface area contributed by atoms with Gasteiger partial charge in [-0.05, 0) is 40.3 Å². The van der Waals surface area contributed by atoms with Crippen molar-refractivity contribution in [1.29, 1.82) is 0 Å². The predicted molar refractivity (Wildman–Crippen MR) is 79.5 cm³/mol. The highest BCUT2D eigenvalue weighted by molar-refractivity contribution is 5.03. The first-order valence-corrected chi connectivity index (χ1v) is 7.45. The first kappa shape index (κ1) is 16.2. The van der Waals surface area contributed by atoms with E-state index in [2.05, 4.69) is 50.4 Å². The molecule has 4 nitrogen and oxygen atoms in total. The minimum absolute atomic E-state index is 0.268. The zero-order valence-corrected chi connectivity index (χ0v) is 13.0. The summed E-state index contributed by atoms with van der Waals surface area (Å²) in [5.74, 6) is 0. The number of nitrogens with zero attached hydrogens (tertiary/aromatic N) is 2. The molecule has 0 aliphatic carbocycles. The number of rotatable bonds is 9. The van der Waals surface area contributed by atoms with Crippen LogP contribution in [0.15, 0.2) is 12.3 Å². The molecule has 1 heterocycles. The van der Waals surface area contributed by atoms with Crippen molar-refractivity contribution in [2.45, 2.75) is 65.1 Å². The van der Waals surface area contributed by atoms with Crippen molar-refractivity contribution in [3.8, 4) is 0 Å². The monoisotopic (exact) mass is 267 g/mol. The van der Waals surface area contributed by atoms with Gasteiger partial charge in [-0.2, -0.15) is 5.10 Å². The van der Waals surface area contributed by atoms with Crippen molar-refractivity contribution < 1.29 is 4.74 Å². The summed E-state index contributed by atoms with van der Waals surface area (Å²) in [5.41, 5.74) is 1.13. The Balaban J connectivity index is 2.67. The molecule has 1 N–H and O–H groups in total. The van der Waals surface area contributed by atoms with Crippen LogP contribution in [0.2, 0.25) is 0 Å². The van der Waals surface area contributed by atoms with Crippen molar-refractivity contribution in [2.75, 3.05) is 13.7 Å². The highest BCUT2D eigenvalue weighted by Crippen LogP contribution is 2.13. The largest absolute Gasteiger partial charge is 0.377 e. The normalized spacial score (nSPS) is 14.8. The van der Waals surface area contributed by atoms with Crippen LogP contribution in [0.4, 0.5) is 0 Å². The van der Waals surface area contributed by atoms with Gasteiger partial charge in [-0.25, -0.2) is 0 Å². The molecular weight excluding hydrogens is 238 g/mol. The molecule has 0 bridgehead atoms. The highest BCUT2D eigenvalue weighted by atomic mass is 16.5. The molecule has 0 aromatic carbocycles. The van der Waals surface area contributed by atoms with Gasteiger partial charge in [0.1, 0.15) is 0 Å². The fourth-order valence-corrected chi connectivity index (χ4v) is 2.32. The molecule has 4 heteroatoms. The molecule has 2 atom stereocenters. The summed E-state index contributed by atoms with van der Waals surface area (Å²) in [6, 6.07) is 2.86. The average molecular weight is 267 g/mol. The van der Waals surface area contributed by atoms with Crippen molar-refractivity contribution in [3.63, 3.8) is 0 Å². The summed E-state index contributed by atoms with van der Waals surface area (Å²) in [6.07, 6.45) is 5.47. The Labute approximate surface area is 117 Å². The topological polar surface area (TPSA) is 39.1 Å². The molecule has 0 fully saturated rings. The number of nitrogens with one attached hydrogen (secondary N) is 1. The van der Waals surface area contributed by atoms with Crippen LogP contribution in [0.1, 0.15) is 52.3 Å². The van der Waals surface area contributed by atoms with Crippen LogP contribution in [-0.2, 0) is 11.2 Å². The van der Waals surface area contributed by atoms with E-state index in [1.165, 1.54) is 0 Å². The van der Waals surface area contributed by atoms with Gasteiger partial charge in [-0.1, -0.05) is 13.3 Å². The van der Waals surface area contributed by atoms with Crippen LogP contribution in [0, 0.1) is 0 Å². The molecule has 0 aliphatic heterocycles. The summed E-state index contributed by atoms with van der Waals surface area (Å²) in [7, 11) is 2.01. The number of ether oxygens (including phenoxy) is 1. The van der Waals surface area contributed by atoms with Gasteiger partial charge in [0, 0.05) is 31.3 Å². The van der Waals surface area contributed by atoms with Gasteiger partial charge < -0.3 is 10.1 Å². The molecule has 2 unspecified atom stereocenters. The lowest BCUT2D eigenvalue weighted by Gasteiger charge is -2.26. The second-order valence-electron chi connectivity index (χ2n) is 5.26. The third-order valence-electron chi connectivity index (χ3n) is 3.40. The second-order valence-corrected chi connectivity index (χ2v) is 5.26. The minimum atomic E-state index is 0.268. The average Bonchev–Trinajstić information content (AvgIpc) is 2.84. The molecule has 0 saturated heterocycles. The van der Waals surface area contributed by atoms with Gasteiger partial charge >= 0.3 is 0 Å². The summed E-state index contributed by atoms with van der Waals surface area (Å²) < 4.78 is 7.88. The molecule has 19 heavy (non-hydrogen) atoms. The van der Waals surface area contributed by atoms with Crippen molar-refractivity contribution >= 4 is 0 Å². The summed E-state index contributed by atoms with van der Waals surface area (Å²) in [6.45, 7) is 9.32. The molecular formula is C15H29N3O. The number of hydrogen-bond acceptors (Lipinski definition) is 3. The molecule has 0 saturated carbocycles. The molecule has 110 valence electrons. The molecule has 0 amide bonds. The molecule has 0 radical (unpaired) electrons. The molecule has 0 spiro atoms.